The molecule has 0 bridgehead atoms. The van der Waals surface area contributed by atoms with Gasteiger partial charge in [-0.25, -0.2) is 9.37 Å². The van der Waals surface area contributed by atoms with Crippen molar-refractivity contribution in [2.45, 2.75) is 0 Å². The first kappa shape index (κ1) is 13.5. The molecule has 0 radical (unpaired) electrons. The van der Waals surface area contributed by atoms with Crippen LogP contribution in [0, 0.1) is 5.82 Å². The Labute approximate surface area is 117 Å². The van der Waals surface area contributed by atoms with Gasteiger partial charge in [-0.1, -0.05) is 15.9 Å². The molecule has 2 rings (SSSR count). The smallest absolute Gasteiger partial charge is 0.258 e. The van der Waals surface area contributed by atoms with Crippen LogP contribution in [0.3, 0.4) is 0 Å². The molecule has 4 nitrogen and oxygen atoms in total. The third-order valence-corrected chi connectivity index (χ3v) is 2.87. The van der Waals surface area contributed by atoms with Crippen LogP contribution >= 0.6 is 15.9 Å². The molecule has 1 aromatic carbocycles. The summed E-state index contributed by atoms with van der Waals surface area (Å²) in [5, 5.41) is 2.56. The standard InChI is InChI=1S/C13H10BrFN2O2/c1-19-12-5-3-9(7-16-12)17-13(18)10-4-2-8(14)6-11(10)15/h2-7H,1H3,(H,17,18). The zero-order chi connectivity index (χ0) is 13.8. The highest BCUT2D eigenvalue weighted by Crippen LogP contribution is 2.17. The number of methoxy groups -OCH3 is 1. The summed E-state index contributed by atoms with van der Waals surface area (Å²) in [5.41, 5.74) is 0.437. The van der Waals surface area contributed by atoms with E-state index in [1.54, 1.807) is 18.2 Å². The first-order valence-electron chi connectivity index (χ1n) is 5.36. The van der Waals surface area contributed by atoms with Gasteiger partial charge in [-0.3, -0.25) is 4.79 Å². The topological polar surface area (TPSA) is 51.2 Å². The highest BCUT2D eigenvalue weighted by molar-refractivity contribution is 9.10. The SMILES string of the molecule is COc1ccc(NC(=O)c2ccc(Br)cc2F)cn1. The van der Waals surface area contributed by atoms with Crippen molar-refractivity contribution < 1.29 is 13.9 Å². The van der Waals surface area contributed by atoms with Gasteiger partial charge in [0.25, 0.3) is 5.91 Å². The molecule has 6 heteroatoms. The Morgan fingerprint density at radius 3 is 2.74 bits per heavy atom. The fourth-order valence-electron chi connectivity index (χ4n) is 1.45. The lowest BCUT2D eigenvalue weighted by Gasteiger charge is -2.06. The number of carbonyl (C=O) groups excluding carboxylic acids is 1. The van der Waals surface area contributed by atoms with Gasteiger partial charge in [0.1, 0.15) is 5.82 Å². The number of hydrogen-bond donors (Lipinski definition) is 1. The summed E-state index contributed by atoms with van der Waals surface area (Å²) in [6.45, 7) is 0. The van der Waals surface area contributed by atoms with Crippen molar-refractivity contribution in [2.24, 2.45) is 0 Å². The van der Waals surface area contributed by atoms with Crippen LogP contribution in [0.25, 0.3) is 0 Å². The van der Waals surface area contributed by atoms with Crippen molar-refractivity contribution in [1.29, 1.82) is 0 Å². The molecule has 1 amide bonds. The molecule has 98 valence electrons. The third-order valence-electron chi connectivity index (χ3n) is 2.38. The highest BCUT2D eigenvalue weighted by atomic mass is 79.9. The molecule has 0 aliphatic rings. The van der Waals surface area contributed by atoms with E-state index in [-0.39, 0.29) is 5.56 Å². The fourth-order valence-corrected chi connectivity index (χ4v) is 1.78. The zero-order valence-electron chi connectivity index (χ0n) is 9.98. The Morgan fingerprint density at radius 1 is 1.37 bits per heavy atom. The normalized spacial score (nSPS) is 10.1. The lowest BCUT2D eigenvalue weighted by atomic mass is 10.2. The van der Waals surface area contributed by atoms with Crippen LogP contribution in [-0.4, -0.2) is 18.0 Å². The van der Waals surface area contributed by atoms with Crippen LogP contribution in [0.4, 0.5) is 10.1 Å². The monoisotopic (exact) mass is 324 g/mol. The number of anilines is 1. The quantitative estimate of drug-likeness (QED) is 0.942. The summed E-state index contributed by atoms with van der Waals surface area (Å²) in [5.74, 6) is -0.682. The maximum absolute atomic E-state index is 13.6. The van der Waals surface area contributed by atoms with Gasteiger partial charge in [0.05, 0.1) is 24.6 Å². The second-order valence-corrected chi connectivity index (χ2v) is 4.58. The molecule has 2 aromatic rings. The van der Waals surface area contributed by atoms with Gasteiger partial charge in [-0.15, -0.1) is 0 Å². The highest BCUT2D eigenvalue weighted by Gasteiger charge is 2.12. The molecule has 0 atom stereocenters. The zero-order valence-corrected chi connectivity index (χ0v) is 11.6. The molecule has 1 aromatic heterocycles. The average molecular weight is 325 g/mol. The minimum atomic E-state index is -0.589. The van der Waals surface area contributed by atoms with Gasteiger partial charge in [-0.2, -0.15) is 0 Å². The van der Waals surface area contributed by atoms with E-state index in [4.69, 9.17) is 4.74 Å². The van der Waals surface area contributed by atoms with E-state index in [2.05, 4.69) is 26.2 Å². The number of halogens is 2. The summed E-state index contributed by atoms with van der Waals surface area (Å²) in [4.78, 5) is 15.8. The first-order valence-corrected chi connectivity index (χ1v) is 6.16. The summed E-state index contributed by atoms with van der Waals surface area (Å²) in [6.07, 6.45) is 1.44. The number of rotatable bonds is 3. The maximum Gasteiger partial charge on any atom is 0.258 e. The van der Waals surface area contributed by atoms with E-state index in [1.807, 2.05) is 0 Å². The van der Waals surface area contributed by atoms with Crippen molar-refractivity contribution in [3.05, 3.63) is 52.4 Å². The predicted octanol–water partition coefficient (Wildman–Crippen LogP) is 3.24. The Hall–Kier alpha value is -1.95. The number of aromatic nitrogens is 1. The van der Waals surface area contributed by atoms with Gasteiger partial charge in [0, 0.05) is 10.5 Å². The molecule has 1 N–H and O–H groups in total. The van der Waals surface area contributed by atoms with E-state index >= 15 is 0 Å². The van der Waals surface area contributed by atoms with Gasteiger partial charge in [-0.05, 0) is 24.3 Å². The maximum atomic E-state index is 13.6. The number of carbonyl (C=O) groups is 1. The van der Waals surface area contributed by atoms with E-state index < -0.39 is 11.7 Å². The Balaban J connectivity index is 2.15. The predicted molar refractivity (Wildman–Crippen MR) is 72.8 cm³/mol. The van der Waals surface area contributed by atoms with Crippen molar-refractivity contribution in [1.82, 2.24) is 4.98 Å². The van der Waals surface area contributed by atoms with E-state index in [0.717, 1.165) is 0 Å². The van der Waals surface area contributed by atoms with Crippen molar-refractivity contribution in [3.8, 4) is 5.88 Å². The summed E-state index contributed by atoms with van der Waals surface area (Å²) in [7, 11) is 1.50. The van der Waals surface area contributed by atoms with Crippen LogP contribution in [0.15, 0.2) is 41.0 Å². The Morgan fingerprint density at radius 2 is 2.16 bits per heavy atom. The van der Waals surface area contributed by atoms with Crippen LogP contribution in [0.5, 0.6) is 5.88 Å². The number of pyridine rings is 1. The number of amides is 1. The first-order chi connectivity index (χ1) is 9.10. The Bertz CT molecular complexity index is 602. The third kappa shape index (κ3) is 3.29. The second-order valence-electron chi connectivity index (χ2n) is 3.67. The second kappa shape index (κ2) is 5.79. The number of ether oxygens (including phenoxy) is 1. The number of nitrogens with zero attached hydrogens (tertiary/aromatic N) is 1. The Kier molecular flexibility index (Phi) is 4.11. The number of benzene rings is 1. The minimum Gasteiger partial charge on any atom is -0.481 e. The van der Waals surface area contributed by atoms with E-state index in [9.17, 15) is 9.18 Å². The molecular weight excluding hydrogens is 315 g/mol. The largest absolute Gasteiger partial charge is 0.481 e. The fraction of sp³-hybridized carbons (Fsp3) is 0.0769. The van der Waals surface area contributed by atoms with Crippen molar-refractivity contribution in [3.63, 3.8) is 0 Å². The van der Waals surface area contributed by atoms with Gasteiger partial charge < -0.3 is 10.1 Å². The summed E-state index contributed by atoms with van der Waals surface area (Å²) in [6, 6.07) is 7.48. The van der Waals surface area contributed by atoms with Gasteiger partial charge >= 0.3 is 0 Å². The molecule has 0 saturated carbocycles. The number of nitrogens with one attached hydrogen (secondary N) is 1. The molecule has 0 fully saturated rings. The molecule has 0 unspecified atom stereocenters. The van der Waals surface area contributed by atoms with Crippen LogP contribution in [0.2, 0.25) is 0 Å². The van der Waals surface area contributed by atoms with E-state index in [1.165, 1.54) is 25.4 Å². The van der Waals surface area contributed by atoms with Gasteiger partial charge in [0.15, 0.2) is 0 Å². The summed E-state index contributed by atoms with van der Waals surface area (Å²) < 4.78 is 19.1. The van der Waals surface area contributed by atoms with Crippen molar-refractivity contribution >= 4 is 27.5 Å². The van der Waals surface area contributed by atoms with Crippen molar-refractivity contribution in [2.75, 3.05) is 12.4 Å². The van der Waals surface area contributed by atoms with Crippen LogP contribution < -0.4 is 10.1 Å². The van der Waals surface area contributed by atoms with Crippen LogP contribution in [0.1, 0.15) is 10.4 Å². The molecule has 0 saturated heterocycles. The number of hydrogen-bond acceptors (Lipinski definition) is 3. The lowest BCUT2D eigenvalue weighted by molar-refractivity contribution is 0.102. The molecule has 19 heavy (non-hydrogen) atoms. The molecule has 0 spiro atoms. The molecule has 1 heterocycles. The molecule has 0 aliphatic heterocycles. The lowest BCUT2D eigenvalue weighted by Crippen LogP contribution is -2.13. The summed E-state index contributed by atoms with van der Waals surface area (Å²) >= 11 is 3.13. The molecular formula is C13H10BrFN2O2. The average Bonchev–Trinajstić information content (AvgIpc) is 2.39. The van der Waals surface area contributed by atoms with Crippen LogP contribution in [-0.2, 0) is 0 Å². The van der Waals surface area contributed by atoms with Gasteiger partial charge in [0.2, 0.25) is 5.88 Å². The van der Waals surface area contributed by atoms with E-state index in [0.29, 0.717) is 16.0 Å². The minimum absolute atomic E-state index is 0.0287. The molecule has 0 aliphatic carbocycles.